The molecular formula is C23H20N2OS2. The first-order valence-electron chi connectivity index (χ1n) is 9.05. The molecule has 0 aliphatic carbocycles. The first-order valence-corrected chi connectivity index (χ1v) is 10.7. The van der Waals surface area contributed by atoms with E-state index in [1.54, 1.807) is 33.6 Å². The third-order valence-corrected chi connectivity index (χ3v) is 6.57. The summed E-state index contributed by atoms with van der Waals surface area (Å²) in [6.45, 7) is 4.66. The van der Waals surface area contributed by atoms with Crippen LogP contribution in [0.25, 0.3) is 16.3 Å². The molecule has 2 aromatic heterocycles. The highest BCUT2D eigenvalue weighted by atomic mass is 32.1. The van der Waals surface area contributed by atoms with E-state index in [2.05, 4.69) is 26.0 Å². The maximum atomic E-state index is 13.1. The van der Waals surface area contributed by atoms with Gasteiger partial charge in [-0.3, -0.25) is 9.69 Å². The standard InChI is InChI=1S/C23H20N2OS2/c1-16-10-12-20-22(17(16)2)24-23(28-20)25(15-18-7-4-3-5-8-18)21(26)13-11-19-9-6-14-27-19/h3-14H,15H2,1-2H3/b13-11+. The van der Waals surface area contributed by atoms with E-state index in [1.807, 2.05) is 53.9 Å². The van der Waals surface area contributed by atoms with Crippen molar-refractivity contribution in [3.63, 3.8) is 0 Å². The van der Waals surface area contributed by atoms with Crippen LogP contribution in [0.15, 0.2) is 66.1 Å². The van der Waals surface area contributed by atoms with Gasteiger partial charge in [0.25, 0.3) is 5.91 Å². The van der Waals surface area contributed by atoms with Crippen molar-refractivity contribution in [2.75, 3.05) is 4.90 Å². The van der Waals surface area contributed by atoms with Crippen LogP contribution in [0, 0.1) is 13.8 Å². The van der Waals surface area contributed by atoms with Gasteiger partial charge in [0.15, 0.2) is 5.13 Å². The zero-order valence-electron chi connectivity index (χ0n) is 15.8. The Kier molecular flexibility index (Phi) is 5.37. The minimum absolute atomic E-state index is 0.0642. The van der Waals surface area contributed by atoms with Crippen LogP contribution in [0.1, 0.15) is 21.6 Å². The van der Waals surface area contributed by atoms with Gasteiger partial charge >= 0.3 is 0 Å². The number of rotatable bonds is 5. The second-order valence-corrected chi connectivity index (χ2v) is 8.60. The van der Waals surface area contributed by atoms with Crippen molar-refractivity contribution >= 4 is 50.0 Å². The highest BCUT2D eigenvalue weighted by Crippen LogP contribution is 2.33. The summed E-state index contributed by atoms with van der Waals surface area (Å²) < 4.78 is 1.10. The molecule has 4 aromatic rings. The summed E-state index contributed by atoms with van der Waals surface area (Å²) in [7, 11) is 0. The van der Waals surface area contributed by atoms with Crippen molar-refractivity contribution in [3.05, 3.63) is 87.6 Å². The van der Waals surface area contributed by atoms with E-state index in [0.29, 0.717) is 6.54 Å². The third-order valence-electron chi connectivity index (χ3n) is 4.69. The van der Waals surface area contributed by atoms with Crippen LogP contribution in [-0.4, -0.2) is 10.9 Å². The van der Waals surface area contributed by atoms with Crippen molar-refractivity contribution in [1.82, 2.24) is 4.98 Å². The van der Waals surface area contributed by atoms with E-state index in [1.165, 1.54) is 11.1 Å². The van der Waals surface area contributed by atoms with Gasteiger partial charge in [-0.15, -0.1) is 11.3 Å². The van der Waals surface area contributed by atoms with Crippen LogP contribution in [0.3, 0.4) is 0 Å². The zero-order valence-corrected chi connectivity index (χ0v) is 17.4. The molecule has 4 rings (SSSR count). The van der Waals surface area contributed by atoms with Crippen molar-refractivity contribution in [2.24, 2.45) is 0 Å². The van der Waals surface area contributed by atoms with E-state index in [0.717, 1.165) is 25.8 Å². The molecular weight excluding hydrogens is 384 g/mol. The fraction of sp³-hybridized carbons (Fsp3) is 0.130. The summed E-state index contributed by atoms with van der Waals surface area (Å²) >= 11 is 3.18. The van der Waals surface area contributed by atoms with E-state index in [4.69, 9.17) is 4.98 Å². The van der Waals surface area contributed by atoms with E-state index in [9.17, 15) is 4.79 Å². The normalized spacial score (nSPS) is 11.4. The lowest BCUT2D eigenvalue weighted by Gasteiger charge is -2.18. The Bertz CT molecular complexity index is 1130. The molecule has 5 heteroatoms. The number of anilines is 1. The molecule has 3 nitrogen and oxygen atoms in total. The molecule has 0 aliphatic heterocycles. The Morgan fingerprint density at radius 2 is 1.89 bits per heavy atom. The topological polar surface area (TPSA) is 33.2 Å². The Labute approximate surface area is 172 Å². The number of aryl methyl sites for hydroxylation is 2. The summed E-state index contributed by atoms with van der Waals surface area (Å²) in [4.78, 5) is 20.7. The molecule has 0 fully saturated rings. The summed E-state index contributed by atoms with van der Waals surface area (Å²) in [5.41, 5.74) is 4.43. The smallest absolute Gasteiger partial charge is 0.253 e. The van der Waals surface area contributed by atoms with Gasteiger partial charge in [0.2, 0.25) is 0 Å². The van der Waals surface area contributed by atoms with Crippen LogP contribution in [-0.2, 0) is 11.3 Å². The quantitative estimate of drug-likeness (QED) is 0.370. The minimum atomic E-state index is -0.0642. The van der Waals surface area contributed by atoms with Crippen LogP contribution < -0.4 is 4.90 Å². The molecule has 0 radical (unpaired) electrons. The number of aromatic nitrogens is 1. The van der Waals surface area contributed by atoms with Gasteiger partial charge in [0.05, 0.1) is 16.8 Å². The molecule has 0 saturated heterocycles. The molecule has 140 valence electrons. The fourth-order valence-electron chi connectivity index (χ4n) is 2.97. The van der Waals surface area contributed by atoms with Gasteiger partial charge in [-0.1, -0.05) is 53.8 Å². The lowest BCUT2D eigenvalue weighted by atomic mass is 10.1. The summed E-state index contributed by atoms with van der Waals surface area (Å²) in [6.07, 6.45) is 3.51. The molecule has 0 bridgehead atoms. The Hall–Kier alpha value is -2.76. The number of thiophene rings is 1. The summed E-state index contributed by atoms with van der Waals surface area (Å²) in [5.74, 6) is -0.0642. The number of benzene rings is 2. The Morgan fingerprint density at radius 1 is 1.07 bits per heavy atom. The number of fused-ring (bicyclic) bond motifs is 1. The molecule has 28 heavy (non-hydrogen) atoms. The average Bonchev–Trinajstić information content (AvgIpc) is 3.38. The number of carbonyl (C=O) groups is 1. The maximum absolute atomic E-state index is 13.1. The number of amides is 1. The SMILES string of the molecule is Cc1ccc2sc(N(Cc3ccccc3)C(=O)/C=C/c3cccs3)nc2c1C. The van der Waals surface area contributed by atoms with Crippen LogP contribution >= 0.6 is 22.7 Å². The lowest BCUT2D eigenvalue weighted by Crippen LogP contribution is -2.28. The zero-order chi connectivity index (χ0) is 19.5. The number of nitrogens with zero attached hydrogens (tertiary/aromatic N) is 2. The highest BCUT2D eigenvalue weighted by Gasteiger charge is 2.19. The van der Waals surface area contributed by atoms with Crippen molar-refractivity contribution in [3.8, 4) is 0 Å². The third kappa shape index (κ3) is 3.91. The highest BCUT2D eigenvalue weighted by molar-refractivity contribution is 7.22. The molecule has 0 N–H and O–H groups in total. The number of carbonyl (C=O) groups excluding carboxylic acids is 1. The van der Waals surface area contributed by atoms with Crippen molar-refractivity contribution in [1.29, 1.82) is 0 Å². The molecule has 0 aliphatic rings. The van der Waals surface area contributed by atoms with Gasteiger partial charge < -0.3 is 0 Å². The molecule has 2 heterocycles. The lowest BCUT2D eigenvalue weighted by molar-refractivity contribution is -0.114. The number of thiazole rings is 1. The average molecular weight is 405 g/mol. The van der Waals surface area contributed by atoms with Gasteiger partial charge in [0.1, 0.15) is 0 Å². The predicted octanol–water partition coefficient (Wildman–Crippen LogP) is 6.22. The molecule has 0 unspecified atom stereocenters. The summed E-state index contributed by atoms with van der Waals surface area (Å²) in [5, 5.41) is 2.73. The van der Waals surface area contributed by atoms with E-state index >= 15 is 0 Å². The Balaban J connectivity index is 1.72. The molecule has 0 spiro atoms. The molecule has 1 amide bonds. The monoisotopic (exact) mass is 404 g/mol. The van der Waals surface area contributed by atoms with Gasteiger partial charge in [-0.05, 0) is 54.1 Å². The first kappa shape index (κ1) is 18.6. The number of hydrogen-bond donors (Lipinski definition) is 0. The predicted molar refractivity (Wildman–Crippen MR) is 120 cm³/mol. The second kappa shape index (κ2) is 8.09. The molecule has 0 saturated carbocycles. The first-order chi connectivity index (χ1) is 13.6. The van der Waals surface area contributed by atoms with Gasteiger partial charge in [-0.25, -0.2) is 4.98 Å². The second-order valence-electron chi connectivity index (χ2n) is 6.61. The van der Waals surface area contributed by atoms with Gasteiger partial charge in [-0.2, -0.15) is 0 Å². The van der Waals surface area contributed by atoms with E-state index in [-0.39, 0.29) is 5.91 Å². The van der Waals surface area contributed by atoms with Gasteiger partial charge in [0, 0.05) is 11.0 Å². The molecule has 2 aromatic carbocycles. The van der Waals surface area contributed by atoms with Crippen LogP contribution in [0.4, 0.5) is 5.13 Å². The largest absolute Gasteiger partial charge is 0.280 e. The fourth-order valence-corrected chi connectivity index (χ4v) is 4.61. The van der Waals surface area contributed by atoms with Crippen LogP contribution in [0.5, 0.6) is 0 Å². The van der Waals surface area contributed by atoms with Crippen LogP contribution in [0.2, 0.25) is 0 Å². The van der Waals surface area contributed by atoms with Crippen molar-refractivity contribution in [2.45, 2.75) is 20.4 Å². The number of hydrogen-bond acceptors (Lipinski definition) is 4. The van der Waals surface area contributed by atoms with E-state index < -0.39 is 0 Å². The maximum Gasteiger partial charge on any atom is 0.253 e. The minimum Gasteiger partial charge on any atom is -0.280 e. The molecule has 0 atom stereocenters. The summed E-state index contributed by atoms with van der Waals surface area (Å²) in [6, 6.07) is 18.2. The van der Waals surface area contributed by atoms with Crippen molar-refractivity contribution < 1.29 is 4.79 Å². The Morgan fingerprint density at radius 3 is 2.64 bits per heavy atom.